The number of hydrogen-bond donors (Lipinski definition) is 0. The van der Waals surface area contributed by atoms with Crippen molar-refractivity contribution >= 4 is 10.8 Å². The van der Waals surface area contributed by atoms with Gasteiger partial charge in [-0.2, -0.15) is 0 Å². The summed E-state index contributed by atoms with van der Waals surface area (Å²) in [5.74, 6) is 0. The third kappa shape index (κ3) is 3.15. The quantitative estimate of drug-likeness (QED) is 0.826. The van der Waals surface area contributed by atoms with E-state index in [-0.39, 0.29) is 0 Å². The van der Waals surface area contributed by atoms with Gasteiger partial charge in [0.25, 0.3) is 0 Å². The normalized spacial score (nSPS) is 22.7. The van der Waals surface area contributed by atoms with Gasteiger partial charge in [-0.3, -0.25) is 4.90 Å². The molecule has 23 heavy (non-hydrogen) atoms. The third-order valence-electron chi connectivity index (χ3n) is 5.96. The summed E-state index contributed by atoms with van der Waals surface area (Å²) in [5.41, 5.74) is 1.46. The van der Waals surface area contributed by atoms with Gasteiger partial charge in [-0.05, 0) is 68.1 Å². The Balaban J connectivity index is 1.43. The molecule has 0 aliphatic carbocycles. The highest BCUT2D eigenvalue weighted by molar-refractivity contribution is 5.83. The molecule has 2 aliphatic rings. The fourth-order valence-corrected chi connectivity index (χ4v) is 4.42. The smallest absolute Gasteiger partial charge is 0.0320 e. The lowest BCUT2D eigenvalue weighted by atomic mass is 9.97. The van der Waals surface area contributed by atoms with Crippen LogP contribution in [-0.2, 0) is 0 Å². The molecule has 2 saturated heterocycles. The molecule has 1 unspecified atom stereocenters. The van der Waals surface area contributed by atoms with E-state index in [9.17, 15) is 0 Å². The molecule has 2 heterocycles. The fraction of sp³-hybridized carbons (Fsp3) is 0.524. The molecule has 0 saturated carbocycles. The third-order valence-corrected chi connectivity index (χ3v) is 5.96. The SMILES string of the molecule is CC(c1ccc2ccccc2c1)N1CCC(N2CCCC2)CC1. The lowest BCUT2D eigenvalue weighted by Crippen LogP contribution is -2.44. The molecule has 2 fully saturated rings. The van der Waals surface area contributed by atoms with Crippen molar-refractivity contribution in [3.63, 3.8) is 0 Å². The van der Waals surface area contributed by atoms with Crippen LogP contribution >= 0.6 is 0 Å². The predicted octanol–water partition coefficient (Wildman–Crippen LogP) is 4.46. The Kier molecular flexibility index (Phi) is 4.37. The van der Waals surface area contributed by atoms with Crippen LogP contribution in [0.3, 0.4) is 0 Å². The number of hydrogen-bond acceptors (Lipinski definition) is 2. The summed E-state index contributed by atoms with van der Waals surface area (Å²) >= 11 is 0. The Morgan fingerprint density at radius 3 is 2.30 bits per heavy atom. The standard InChI is InChI=1S/C21H28N2/c1-17(19-9-8-18-6-2-3-7-20(18)16-19)22-14-10-21(11-15-22)23-12-4-5-13-23/h2-3,6-9,16-17,21H,4-5,10-15H2,1H3. The predicted molar refractivity (Wildman–Crippen MR) is 97.8 cm³/mol. The maximum Gasteiger partial charge on any atom is 0.0320 e. The Bertz CT molecular complexity index is 652. The average Bonchev–Trinajstić information content (AvgIpc) is 3.15. The van der Waals surface area contributed by atoms with Gasteiger partial charge in [0.2, 0.25) is 0 Å². The van der Waals surface area contributed by atoms with Gasteiger partial charge >= 0.3 is 0 Å². The van der Waals surface area contributed by atoms with Crippen molar-refractivity contribution in [3.05, 3.63) is 48.0 Å². The van der Waals surface area contributed by atoms with E-state index in [0.29, 0.717) is 6.04 Å². The van der Waals surface area contributed by atoms with E-state index < -0.39 is 0 Å². The van der Waals surface area contributed by atoms with E-state index in [1.807, 2.05) is 0 Å². The largest absolute Gasteiger partial charge is 0.300 e. The van der Waals surface area contributed by atoms with Crippen molar-refractivity contribution in [2.75, 3.05) is 26.2 Å². The minimum atomic E-state index is 0.527. The molecule has 1 atom stereocenters. The number of likely N-dealkylation sites (tertiary alicyclic amines) is 2. The summed E-state index contributed by atoms with van der Waals surface area (Å²) in [4.78, 5) is 5.41. The Morgan fingerprint density at radius 1 is 0.870 bits per heavy atom. The summed E-state index contributed by atoms with van der Waals surface area (Å²) in [5, 5.41) is 2.71. The second-order valence-electron chi connectivity index (χ2n) is 7.29. The second-order valence-corrected chi connectivity index (χ2v) is 7.29. The summed E-state index contributed by atoms with van der Waals surface area (Å²) in [6, 6.07) is 17.0. The van der Waals surface area contributed by atoms with Crippen LogP contribution in [-0.4, -0.2) is 42.0 Å². The molecule has 0 bridgehead atoms. The first-order valence-electron chi connectivity index (χ1n) is 9.28. The molecule has 0 amide bonds. The van der Waals surface area contributed by atoms with Crippen LogP contribution in [0.15, 0.2) is 42.5 Å². The molecule has 0 spiro atoms. The van der Waals surface area contributed by atoms with Gasteiger partial charge in [-0.25, -0.2) is 0 Å². The van der Waals surface area contributed by atoms with Crippen LogP contribution in [0.25, 0.3) is 10.8 Å². The number of fused-ring (bicyclic) bond motifs is 1. The summed E-state index contributed by atoms with van der Waals surface area (Å²) < 4.78 is 0. The van der Waals surface area contributed by atoms with Crippen LogP contribution < -0.4 is 0 Å². The highest BCUT2D eigenvalue weighted by Crippen LogP contribution is 2.29. The first kappa shape index (κ1) is 15.2. The van der Waals surface area contributed by atoms with Crippen LogP contribution in [0.4, 0.5) is 0 Å². The molecule has 0 N–H and O–H groups in total. The molecule has 2 nitrogen and oxygen atoms in total. The first-order valence-corrected chi connectivity index (χ1v) is 9.28. The lowest BCUT2D eigenvalue weighted by Gasteiger charge is -2.39. The van der Waals surface area contributed by atoms with Crippen molar-refractivity contribution in [1.82, 2.24) is 9.80 Å². The topological polar surface area (TPSA) is 6.48 Å². The van der Waals surface area contributed by atoms with Crippen LogP contribution in [0, 0.1) is 0 Å². The molecular weight excluding hydrogens is 280 g/mol. The molecule has 0 radical (unpaired) electrons. The zero-order valence-electron chi connectivity index (χ0n) is 14.2. The summed E-state index contributed by atoms with van der Waals surface area (Å²) in [6.45, 7) is 7.54. The molecule has 2 heteroatoms. The minimum Gasteiger partial charge on any atom is -0.300 e. The van der Waals surface area contributed by atoms with Crippen molar-refractivity contribution in [2.24, 2.45) is 0 Å². The van der Waals surface area contributed by atoms with Gasteiger partial charge in [0.1, 0.15) is 0 Å². The molecule has 2 aromatic carbocycles. The Hall–Kier alpha value is -1.38. The molecule has 122 valence electrons. The van der Waals surface area contributed by atoms with Gasteiger partial charge in [0.15, 0.2) is 0 Å². The summed E-state index contributed by atoms with van der Waals surface area (Å²) in [7, 11) is 0. The van der Waals surface area contributed by atoms with E-state index >= 15 is 0 Å². The summed E-state index contributed by atoms with van der Waals surface area (Å²) in [6.07, 6.45) is 5.51. The minimum absolute atomic E-state index is 0.527. The molecule has 4 rings (SSSR count). The molecular formula is C21H28N2. The van der Waals surface area contributed by atoms with Crippen molar-refractivity contribution in [1.29, 1.82) is 0 Å². The van der Waals surface area contributed by atoms with E-state index in [4.69, 9.17) is 0 Å². The number of nitrogens with zero attached hydrogens (tertiary/aromatic N) is 2. The van der Waals surface area contributed by atoms with E-state index in [1.165, 1.54) is 68.2 Å². The Labute approximate surface area is 140 Å². The first-order chi connectivity index (χ1) is 11.3. The molecule has 2 aliphatic heterocycles. The zero-order valence-corrected chi connectivity index (χ0v) is 14.2. The second kappa shape index (κ2) is 6.62. The maximum atomic E-state index is 2.73. The average molecular weight is 308 g/mol. The van der Waals surface area contributed by atoms with E-state index in [2.05, 4.69) is 59.2 Å². The van der Waals surface area contributed by atoms with E-state index in [1.54, 1.807) is 0 Å². The van der Waals surface area contributed by atoms with Crippen molar-refractivity contribution < 1.29 is 0 Å². The van der Waals surface area contributed by atoms with Gasteiger partial charge in [0.05, 0.1) is 0 Å². The highest BCUT2D eigenvalue weighted by atomic mass is 15.2. The molecule has 2 aromatic rings. The lowest BCUT2D eigenvalue weighted by molar-refractivity contribution is 0.102. The zero-order chi connectivity index (χ0) is 15.6. The number of benzene rings is 2. The Morgan fingerprint density at radius 2 is 1.57 bits per heavy atom. The van der Waals surface area contributed by atoms with Gasteiger partial charge < -0.3 is 4.90 Å². The van der Waals surface area contributed by atoms with Crippen LogP contribution in [0.1, 0.15) is 44.2 Å². The monoisotopic (exact) mass is 308 g/mol. The van der Waals surface area contributed by atoms with Gasteiger partial charge in [-0.1, -0.05) is 36.4 Å². The van der Waals surface area contributed by atoms with Crippen LogP contribution in [0.5, 0.6) is 0 Å². The number of piperidine rings is 1. The number of rotatable bonds is 3. The van der Waals surface area contributed by atoms with Gasteiger partial charge in [0, 0.05) is 25.2 Å². The van der Waals surface area contributed by atoms with Crippen molar-refractivity contribution in [2.45, 2.75) is 44.7 Å². The highest BCUT2D eigenvalue weighted by Gasteiger charge is 2.28. The van der Waals surface area contributed by atoms with Gasteiger partial charge in [-0.15, -0.1) is 0 Å². The van der Waals surface area contributed by atoms with E-state index in [0.717, 1.165) is 6.04 Å². The molecule has 0 aromatic heterocycles. The van der Waals surface area contributed by atoms with Crippen molar-refractivity contribution in [3.8, 4) is 0 Å². The maximum absolute atomic E-state index is 2.73. The fourth-order valence-electron chi connectivity index (χ4n) is 4.42. The van der Waals surface area contributed by atoms with Crippen LogP contribution in [0.2, 0.25) is 0 Å².